The number of para-hydroxylation sites is 1. The third kappa shape index (κ3) is 4.14. The van der Waals surface area contributed by atoms with Crippen molar-refractivity contribution in [1.29, 1.82) is 0 Å². The number of nitrogens with zero attached hydrogens (tertiary/aromatic N) is 3. The Morgan fingerprint density at radius 1 is 1.27 bits per heavy atom. The van der Waals surface area contributed by atoms with Crippen molar-refractivity contribution in [1.82, 2.24) is 9.88 Å². The summed E-state index contributed by atoms with van der Waals surface area (Å²) in [6, 6.07) is 13.5. The molecule has 2 aromatic rings. The second-order valence-electron chi connectivity index (χ2n) is 6.50. The smallest absolute Gasteiger partial charge is 0.227 e. The van der Waals surface area contributed by atoms with E-state index in [-0.39, 0.29) is 12.0 Å². The molecule has 6 nitrogen and oxygen atoms in total. The first-order valence-corrected chi connectivity index (χ1v) is 8.74. The zero-order chi connectivity index (χ0) is 18.5. The van der Waals surface area contributed by atoms with E-state index in [0.717, 1.165) is 22.8 Å². The van der Waals surface area contributed by atoms with Crippen LogP contribution in [-0.2, 0) is 16.0 Å². The van der Waals surface area contributed by atoms with E-state index in [9.17, 15) is 4.79 Å². The molecule has 1 atom stereocenters. The minimum atomic E-state index is -0.203. The van der Waals surface area contributed by atoms with Gasteiger partial charge in [-0.3, -0.25) is 4.79 Å². The maximum Gasteiger partial charge on any atom is 0.227 e. The first kappa shape index (κ1) is 18.2. The van der Waals surface area contributed by atoms with Crippen LogP contribution in [0.5, 0.6) is 5.75 Å². The summed E-state index contributed by atoms with van der Waals surface area (Å²) in [4.78, 5) is 21.2. The lowest BCUT2D eigenvalue weighted by molar-refractivity contribution is -0.138. The average Bonchev–Trinajstić information content (AvgIpc) is 2.68. The van der Waals surface area contributed by atoms with Gasteiger partial charge in [0.25, 0.3) is 0 Å². The molecule has 0 bridgehead atoms. The van der Waals surface area contributed by atoms with E-state index in [1.165, 1.54) is 0 Å². The number of hydrogen-bond acceptors (Lipinski definition) is 5. The third-order valence-corrected chi connectivity index (χ3v) is 4.50. The predicted octanol–water partition coefficient (Wildman–Crippen LogP) is 2.30. The summed E-state index contributed by atoms with van der Waals surface area (Å²) in [6.07, 6.45) is 0.118. The molecule has 1 aliphatic heterocycles. The number of hydrogen-bond donors (Lipinski definition) is 0. The van der Waals surface area contributed by atoms with Gasteiger partial charge in [-0.1, -0.05) is 24.3 Å². The second kappa shape index (κ2) is 8.19. The number of anilines is 1. The Labute approximate surface area is 154 Å². The Hall–Kier alpha value is -2.60. The molecular weight excluding hydrogens is 330 g/mol. The van der Waals surface area contributed by atoms with Gasteiger partial charge in [0, 0.05) is 26.2 Å². The summed E-state index contributed by atoms with van der Waals surface area (Å²) in [7, 11) is 5.53. The van der Waals surface area contributed by atoms with Gasteiger partial charge in [-0.2, -0.15) is 0 Å². The van der Waals surface area contributed by atoms with Crippen LogP contribution >= 0.6 is 0 Å². The molecular formula is C20H25N3O3. The highest BCUT2D eigenvalue weighted by Gasteiger charge is 2.27. The Balaban J connectivity index is 1.70. The lowest BCUT2D eigenvalue weighted by Gasteiger charge is -2.33. The van der Waals surface area contributed by atoms with Crippen molar-refractivity contribution in [3.05, 3.63) is 53.7 Å². The van der Waals surface area contributed by atoms with Crippen LogP contribution in [0.4, 0.5) is 5.82 Å². The van der Waals surface area contributed by atoms with Crippen molar-refractivity contribution in [3.8, 4) is 5.75 Å². The molecule has 138 valence electrons. The SMILES string of the molecule is COc1ccccc1CC(=O)N1CCO[C@H](c2cccc(N(C)C)n2)C1. The Morgan fingerprint density at radius 2 is 2.08 bits per heavy atom. The van der Waals surface area contributed by atoms with E-state index >= 15 is 0 Å². The molecule has 0 radical (unpaired) electrons. The van der Waals surface area contributed by atoms with E-state index in [1.54, 1.807) is 7.11 Å². The number of morpholine rings is 1. The zero-order valence-electron chi connectivity index (χ0n) is 15.5. The maximum absolute atomic E-state index is 12.8. The molecule has 1 fully saturated rings. The minimum Gasteiger partial charge on any atom is -0.496 e. The van der Waals surface area contributed by atoms with Crippen LogP contribution < -0.4 is 9.64 Å². The normalized spacial score (nSPS) is 17.0. The fourth-order valence-corrected chi connectivity index (χ4v) is 3.05. The molecule has 0 saturated carbocycles. The van der Waals surface area contributed by atoms with Crippen LogP contribution in [0.25, 0.3) is 0 Å². The number of methoxy groups -OCH3 is 1. The van der Waals surface area contributed by atoms with Gasteiger partial charge < -0.3 is 19.3 Å². The fourth-order valence-electron chi connectivity index (χ4n) is 3.05. The molecule has 3 rings (SSSR count). The molecule has 1 aromatic heterocycles. The summed E-state index contributed by atoms with van der Waals surface area (Å²) >= 11 is 0. The molecule has 1 aliphatic rings. The van der Waals surface area contributed by atoms with Crippen molar-refractivity contribution in [2.45, 2.75) is 12.5 Å². The first-order chi connectivity index (χ1) is 12.6. The molecule has 0 spiro atoms. The van der Waals surface area contributed by atoms with Gasteiger partial charge >= 0.3 is 0 Å². The van der Waals surface area contributed by atoms with Crippen LogP contribution in [0.3, 0.4) is 0 Å². The van der Waals surface area contributed by atoms with Gasteiger partial charge in [-0.25, -0.2) is 4.98 Å². The van der Waals surface area contributed by atoms with E-state index < -0.39 is 0 Å². The summed E-state index contributed by atoms with van der Waals surface area (Å²) < 4.78 is 11.2. The molecule has 1 saturated heterocycles. The number of ether oxygens (including phenoxy) is 2. The molecule has 26 heavy (non-hydrogen) atoms. The Bertz CT molecular complexity index is 763. The first-order valence-electron chi connectivity index (χ1n) is 8.74. The van der Waals surface area contributed by atoms with E-state index in [0.29, 0.717) is 26.1 Å². The molecule has 1 amide bonds. The van der Waals surface area contributed by atoms with Crippen LogP contribution in [0.15, 0.2) is 42.5 Å². The number of amides is 1. The lowest BCUT2D eigenvalue weighted by atomic mass is 10.1. The molecule has 0 unspecified atom stereocenters. The number of carbonyl (C=O) groups excluding carboxylic acids is 1. The minimum absolute atomic E-state index is 0.0755. The highest BCUT2D eigenvalue weighted by molar-refractivity contribution is 5.79. The van der Waals surface area contributed by atoms with Gasteiger partial charge in [-0.05, 0) is 18.2 Å². The van der Waals surface area contributed by atoms with Gasteiger partial charge in [0.05, 0.1) is 32.4 Å². The van der Waals surface area contributed by atoms with Crippen molar-refractivity contribution in [3.63, 3.8) is 0 Å². The van der Waals surface area contributed by atoms with E-state index in [1.807, 2.05) is 66.4 Å². The fraction of sp³-hybridized carbons (Fsp3) is 0.400. The standard InChI is InChI=1S/C20H25N3O3/c1-22(2)19-10-6-8-16(21-19)18-14-23(11-12-26-18)20(24)13-15-7-4-5-9-17(15)25-3/h4-10,18H,11-14H2,1-3H3/t18-/m0/s1. The van der Waals surface area contributed by atoms with Crippen LogP contribution in [0.2, 0.25) is 0 Å². The lowest BCUT2D eigenvalue weighted by Crippen LogP contribution is -2.43. The zero-order valence-corrected chi connectivity index (χ0v) is 15.5. The predicted molar refractivity (Wildman–Crippen MR) is 101 cm³/mol. The molecule has 0 N–H and O–H groups in total. The summed E-state index contributed by atoms with van der Waals surface area (Å²) in [6.45, 7) is 1.62. The highest BCUT2D eigenvalue weighted by atomic mass is 16.5. The number of pyridine rings is 1. The monoisotopic (exact) mass is 355 g/mol. The number of benzene rings is 1. The number of aromatic nitrogens is 1. The number of rotatable bonds is 5. The molecule has 1 aromatic carbocycles. The van der Waals surface area contributed by atoms with Crippen LogP contribution in [0.1, 0.15) is 17.4 Å². The van der Waals surface area contributed by atoms with E-state index in [4.69, 9.17) is 9.47 Å². The summed E-state index contributed by atoms with van der Waals surface area (Å²) in [5.41, 5.74) is 1.75. The Morgan fingerprint density at radius 3 is 2.85 bits per heavy atom. The summed E-state index contributed by atoms with van der Waals surface area (Å²) in [5.74, 6) is 1.70. The van der Waals surface area contributed by atoms with Crippen molar-refractivity contribution >= 4 is 11.7 Å². The van der Waals surface area contributed by atoms with E-state index in [2.05, 4.69) is 4.98 Å². The molecule has 0 aliphatic carbocycles. The van der Waals surface area contributed by atoms with Crippen molar-refractivity contribution < 1.29 is 14.3 Å². The average molecular weight is 355 g/mol. The van der Waals surface area contributed by atoms with Gasteiger partial charge in [0.15, 0.2) is 0 Å². The quantitative estimate of drug-likeness (QED) is 0.824. The largest absolute Gasteiger partial charge is 0.496 e. The highest BCUT2D eigenvalue weighted by Crippen LogP contribution is 2.24. The Kier molecular flexibility index (Phi) is 5.73. The van der Waals surface area contributed by atoms with Crippen LogP contribution in [0, 0.1) is 0 Å². The molecule has 2 heterocycles. The van der Waals surface area contributed by atoms with Gasteiger partial charge in [0.1, 0.15) is 17.7 Å². The van der Waals surface area contributed by atoms with Gasteiger partial charge in [0.2, 0.25) is 5.91 Å². The number of carbonyl (C=O) groups is 1. The third-order valence-electron chi connectivity index (χ3n) is 4.50. The van der Waals surface area contributed by atoms with Crippen LogP contribution in [-0.4, -0.2) is 56.7 Å². The van der Waals surface area contributed by atoms with Crippen molar-refractivity contribution in [2.75, 3.05) is 45.8 Å². The molecule has 6 heteroatoms. The van der Waals surface area contributed by atoms with Crippen molar-refractivity contribution in [2.24, 2.45) is 0 Å². The second-order valence-corrected chi connectivity index (χ2v) is 6.50. The van der Waals surface area contributed by atoms with Gasteiger partial charge in [-0.15, -0.1) is 0 Å². The topological polar surface area (TPSA) is 54.9 Å². The maximum atomic E-state index is 12.8. The summed E-state index contributed by atoms with van der Waals surface area (Å²) in [5, 5.41) is 0.